The summed E-state index contributed by atoms with van der Waals surface area (Å²) in [6, 6.07) is 9.51. The zero-order valence-corrected chi connectivity index (χ0v) is 17.2. The third-order valence-corrected chi connectivity index (χ3v) is 5.47. The van der Waals surface area contributed by atoms with Gasteiger partial charge in [-0.05, 0) is 37.5 Å². The lowest BCUT2D eigenvalue weighted by Crippen LogP contribution is -2.44. The molecule has 0 bridgehead atoms. The van der Waals surface area contributed by atoms with Crippen molar-refractivity contribution in [3.63, 3.8) is 0 Å². The number of anilines is 1. The molecule has 0 saturated carbocycles. The highest BCUT2D eigenvalue weighted by Gasteiger charge is 2.25. The standard InChI is InChI=1S/C21H25N7O2/c1-3-27-17-18(24-20(27)26-10-4-5-16(23)13-26)25-21(30-2)28(19(17)29)12-15-8-6-14(11-22)7-9-15/h6-9,16H,3-5,10,12-13,23H2,1-2H3. The van der Waals surface area contributed by atoms with Crippen LogP contribution in [0.15, 0.2) is 29.1 Å². The molecule has 0 spiro atoms. The molecule has 1 aromatic carbocycles. The van der Waals surface area contributed by atoms with Gasteiger partial charge in [0.2, 0.25) is 5.95 Å². The maximum absolute atomic E-state index is 13.5. The number of nitrogens with two attached hydrogens (primary N) is 1. The van der Waals surface area contributed by atoms with Gasteiger partial charge in [-0.25, -0.2) is 0 Å². The maximum atomic E-state index is 13.5. The number of piperidine rings is 1. The number of rotatable bonds is 5. The Morgan fingerprint density at radius 2 is 2.03 bits per heavy atom. The minimum Gasteiger partial charge on any atom is -0.468 e. The molecule has 2 aromatic heterocycles. The van der Waals surface area contributed by atoms with Gasteiger partial charge in [-0.15, -0.1) is 0 Å². The minimum atomic E-state index is -0.205. The molecular formula is C21H25N7O2. The summed E-state index contributed by atoms with van der Waals surface area (Å²) >= 11 is 0. The zero-order chi connectivity index (χ0) is 21.3. The number of hydrogen-bond donors (Lipinski definition) is 1. The van der Waals surface area contributed by atoms with E-state index in [-0.39, 0.29) is 24.2 Å². The first-order valence-corrected chi connectivity index (χ1v) is 10.1. The van der Waals surface area contributed by atoms with Crippen LogP contribution in [0.25, 0.3) is 11.2 Å². The summed E-state index contributed by atoms with van der Waals surface area (Å²) in [5.74, 6) is 0.727. The van der Waals surface area contributed by atoms with E-state index in [9.17, 15) is 4.79 Å². The van der Waals surface area contributed by atoms with Crippen LogP contribution in [-0.4, -0.2) is 45.3 Å². The second kappa shape index (κ2) is 8.16. The molecule has 1 aliphatic rings. The van der Waals surface area contributed by atoms with Crippen molar-refractivity contribution in [1.29, 1.82) is 5.26 Å². The second-order valence-electron chi connectivity index (χ2n) is 7.48. The molecule has 1 aliphatic heterocycles. The number of aromatic nitrogens is 4. The van der Waals surface area contributed by atoms with E-state index in [2.05, 4.69) is 20.9 Å². The van der Waals surface area contributed by atoms with Gasteiger partial charge < -0.3 is 19.9 Å². The highest BCUT2D eigenvalue weighted by atomic mass is 16.5. The van der Waals surface area contributed by atoms with Crippen LogP contribution in [0.3, 0.4) is 0 Å². The van der Waals surface area contributed by atoms with Gasteiger partial charge >= 0.3 is 6.01 Å². The molecule has 3 aromatic rings. The topological polar surface area (TPSA) is 115 Å². The van der Waals surface area contributed by atoms with Gasteiger partial charge in [-0.2, -0.15) is 15.2 Å². The fraction of sp³-hybridized carbons (Fsp3) is 0.429. The summed E-state index contributed by atoms with van der Waals surface area (Å²) in [6.45, 7) is 4.43. The van der Waals surface area contributed by atoms with Crippen LogP contribution < -0.4 is 20.9 Å². The van der Waals surface area contributed by atoms with Gasteiger partial charge in [0.15, 0.2) is 11.2 Å². The smallest absolute Gasteiger partial charge is 0.301 e. The lowest BCUT2D eigenvalue weighted by atomic mass is 10.1. The molecule has 9 nitrogen and oxygen atoms in total. The molecular weight excluding hydrogens is 382 g/mol. The fourth-order valence-corrected chi connectivity index (χ4v) is 3.98. The lowest BCUT2D eigenvalue weighted by Gasteiger charge is -2.31. The van der Waals surface area contributed by atoms with E-state index in [1.165, 1.54) is 11.7 Å². The Morgan fingerprint density at radius 3 is 2.67 bits per heavy atom. The summed E-state index contributed by atoms with van der Waals surface area (Å²) in [7, 11) is 1.49. The SMILES string of the molecule is CCn1c(N2CCCC(N)C2)nc2nc(OC)n(Cc3ccc(C#N)cc3)c(=O)c21. The molecule has 0 aliphatic carbocycles. The van der Waals surface area contributed by atoms with Gasteiger partial charge in [0, 0.05) is 25.7 Å². The Labute approximate surface area is 174 Å². The van der Waals surface area contributed by atoms with Crippen molar-refractivity contribution in [3.8, 4) is 12.1 Å². The molecule has 1 atom stereocenters. The predicted molar refractivity (Wildman–Crippen MR) is 114 cm³/mol. The van der Waals surface area contributed by atoms with Crippen molar-refractivity contribution in [2.75, 3.05) is 25.1 Å². The molecule has 4 rings (SSSR count). The van der Waals surface area contributed by atoms with Crippen molar-refractivity contribution in [3.05, 3.63) is 45.7 Å². The van der Waals surface area contributed by atoms with Crippen molar-refractivity contribution in [2.45, 2.75) is 38.9 Å². The number of imidazole rings is 1. The molecule has 3 heterocycles. The highest BCUT2D eigenvalue weighted by Crippen LogP contribution is 2.24. The predicted octanol–water partition coefficient (Wildman–Crippen LogP) is 1.47. The summed E-state index contributed by atoms with van der Waals surface area (Å²) < 4.78 is 8.83. The molecule has 1 saturated heterocycles. The fourth-order valence-electron chi connectivity index (χ4n) is 3.98. The Morgan fingerprint density at radius 1 is 1.27 bits per heavy atom. The Bertz CT molecular complexity index is 1160. The summed E-state index contributed by atoms with van der Waals surface area (Å²) in [5, 5.41) is 8.99. The Balaban J connectivity index is 1.82. The number of hydrogen-bond acceptors (Lipinski definition) is 7. The molecule has 156 valence electrons. The average Bonchev–Trinajstić information content (AvgIpc) is 3.14. The van der Waals surface area contributed by atoms with Gasteiger partial charge in [0.05, 0.1) is 25.3 Å². The molecule has 9 heteroatoms. The third-order valence-electron chi connectivity index (χ3n) is 5.47. The van der Waals surface area contributed by atoms with Crippen LogP contribution in [0.1, 0.15) is 30.9 Å². The van der Waals surface area contributed by atoms with E-state index in [1.807, 2.05) is 23.6 Å². The Hall–Kier alpha value is -3.38. The molecule has 1 unspecified atom stereocenters. The van der Waals surface area contributed by atoms with Crippen LogP contribution in [0, 0.1) is 11.3 Å². The average molecular weight is 407 g/mol. The molecule has 0 radical (unpaired) electrons. The van der Waals surface area contributed by atoms with Crippen LogP contribution in [0.2, 0.25) is 0 Å². The van der Waals surface area contributed by atoms with Crippen LogP contribution in [-0.2, 0) is 13.1 Å². The first kappa shape index (κ1) is 19.9. The van der Waals surface area contributed by atoms with Crippen LogP contribution >= 0.6 is 0 Å². The Kier molecular flexibility index (Phi) is 5.42. The summed E-state index contributed by atoms with van der Waals surface area (Å²) in [6.07, 6.45) is 1.99. The van der Waals surface area contributed by atoms with Crippen molar-refractivity contribution in [2.24, 2.45) is 5.73 Å². The lowest BCUT2D eigenvalue weighted by molar-refractivity contribution is 0.353. The number of fused-ring (bicyclic) bond motifs is 1. The molecule has 30 heavy (non-hydrogen) atoms. The zero-order valence-electron chi connectivity index (χ0n) is 17.2. The largest absolute Gasteiger partial charge is 0.468 e. The van der Waals surface area contributed by atoms with E-state index in [4.69, 9.17) is 15.7 Å². The van der Waals surface area contributed by atoms with Crippen molar-refractivity contribution >= 4 is 17.1 Å². The van der Waals surface area contributed by atoms with Gasteiger partial charge in [-0.3, -0.25) is 9.36 Å². The van der Waals surface area contributed by atoms with E-state index in [0.29, 0.717) is 29.8 Å². The summed E-state index contributed by atoms with van der Waals surface area (Å²) in [5.41, 5.74) is 8.23. The third kappa shape index (κ3) is 3.50. The number of methoxy groups -OCH3 is 1. The van der Waals surface area contributed by atoms with E-state index in [1.54, 1.807) is 12.1 Å². The van der Waals surface area contributed by atoms with E-state index < -0.39 is 0 Å². The molecule has 1 fully saturated rings. The summed E-state index contributed by atoms with van der Waals surface area (Å²) in [4.78, 5) is 24.8. The number of nitrogens with zero attached hydrogens (tertiary/aromatic N) is 6. The van der Waals surface area contributed by atoms with E-state index >= 15 is 0 Å². The van der Waals surface area contributed by atoms with Crippen LogP contribution in [0.4, 0.5) is 5.95 Å². The monoisotopic (exact) mass is 407 g/mol. The number of ether oxygens (including phenoxy) is 1. The molecule has 2 N–H and O–H groups in total. The quantitative estimate of drug-likeness (QED) is 0.681. The number of benzene rings is 1. The van der Waals surface area contributed by atoms with Gasteiger partial charge in [-0.1, -0.05) is 12.1 Å². The second-order valence-corrected chi connectivity index (χ2v) is 7.48. The molecule has 0 amide bonds. The van der Waals surface area contributed by atoms with Gasteiger partial charge in [0.25, 0.3) is 5.56 Å². The highest BCUT2D eigenvalue weighted by molar-refractivity contribution is 5.74. The van der Waals surface area contributed by atoms with Gasteiger partial charge in [0.1, 0.15) is 0 Å². The number of nitriles is 1. The normalized spacial score (nSPS) is 16.6. The first-order valence-electron chi connectivity index (χ1n) is 10.1. The minimum absolute atomic E-state index is 0.0967. The van der Waals surface area contributed by atoms with Crippen molar-refractivity contribution < 1.29 is 4.74 Å². The van der Waals surface area contributed by atoms with E-state index in [0.717, 1.165) is 30.9 Å². The van der Waals surface area contributed by atoms with Crippen LogP contribution in [0.5, 0.6) is 6.01 Å². The number of aryl methyl sites for hydroxylation is 1. The van der Waals surface area contributed by atoms with Crippen molar-refractivity contribution in [1.82, 2.24) is 19.1 Å². The first-order chi connectivity index (χ1) is 14.5. The maximum Gasteiger partial charge on any atom is 0.301 e.